The minimum atomic E-state index is -0.776. The molecule has 0 aromatic rings. The minimum absolute atomic E-state index is 0.0791. The van der Waals surface area contributed by atoms with Crippen LogP contribution < -0.4 is 10.6 Å². The van der Waals surface area contributed by atoms with Gasteiger partial charge in [-0.25, -0.2) is 4.79 Å². The lowest BCUT2D eigenvalue weighted by Gasteiger charge is -2.12. The molecule has 2 amide bonds. The van der Waals surface area contributed by atoms with E-state index in [9.17, 15) is 9.00 Å². The minimum Gasteiger partial charge on any atom is -0.338 e. The molecule has 0 aromatic carbocycles. The Bertz CT molecular complexity index is 185. The van der Waals surface area contributed by atoms with Gasteiger partial charge in [0, 0.05) is 35.4 Å². The third-order valence-electron chi connectivity index (χ3n) is 1.55. The van der Waals surface area contributed by atoms with Crippen molar-refractivity contribution in [3.05, 3.63) is 0 Å². The Morgan fingerprint density at radius 2 is 2.15 bits per heavy atom. The number of urea groups is 1. The van der Waals surface area contributed by atoms with Crippen LogP contribution in [0.4, 0.5) is 4.79 Å². The summed E-state index contributed by atoms with van der Waals surface area (Å²) in [6.07, 6.45) is 2.42. The molecule has 0 saturated heterocycles. The summed E-state index contributed by atoms with van der Waals surface area (Å²) in [5.41, 5.74) is 0. The number of amides is 2. The van der Waals surface area contributed by atoms with Crippen LogP contribution in [-0.4, -0.2) is 34.8 Å². The van der Waals surface area contributed by atoms with Crippen molar-refractivity contribution in [2.24, 2.45) is 0 Å². The summed E-state index contributed by atoms with van der Waals surface area (Å²) in [6.45, 7) is 4.39. The van der Waals surface area contributed by atoms with E-state index in [1.807, 2.05) is 13.8 Å². The summed E-state index contributed by atoms with van der Waals surface area (Å²) >= 11 is 0. The molecule has 78 valence electrons. The van der Waals surface area contributed by atoms with Gasteiger partial charge in [0.2, 0.25) is 0 Å². The molecule has 0 saturated carbocycles. The van der Waals surface area contributed by atoms with Crippen LogP contribution in [0.3, 0.4) is 0 Å². The highest BCUT2D eigenvalue weighted by Crippen LogP contribution is 1.91. The lowest BCUT2D eigenvalue weighted by Crippen LogP contribution is -2.41. The largest absolute Gasteiger partial charge is 0.338 e. The summed E-state index contributed by atoms with van der Waals surface area (Å²) in [4.78, 5) is 11.0. The van der Waals surface area contributed by atoms with E-state index in [0.29, 0.717) is 12.3 Å². The van der Waals surface area contributed by atoms with Crippen molar-refractivity contribution >= 4 is 16.8 Å². The van der Waals surface area contributed by atoms with Gasteiger partial charge in [-0.1, -0.05) is 0 Å². The van der Waals surface area contributed by atoms with Crippen LogP contribution in [0.1, 0.15) is 20.3 Å². The first kappa shape index (κ1) is 12.4. The number of hydrogen-bond acceptors (Lipinski definition) is 2. The molecule has 0 rings (SSSR count). The van der Waals surface area contributed by atoms with Gasteiger partial charge < -0.3 is 10.6 Å². The molecule has 5 heteroatoms. The Hall–Kier alpha value is -0.580. The Balaban J connectivity index is 3.55. The predicted molar refractivity (Wildman–Crippen MR) is 55.2 cm³/mol. The zero-order chi connectivity index (χ0) is 10.3. The molecule has 4 nitrogen and oxygen atoms in total. The first-order chi connectivity index (χ1) is 6.06. The summed E-state index contributed by atoms with van der Waals surface area (Å²) in [5, 5.41) is 5.39. The third kappa shape index (κ3) is 7.77. The maximum Gasteiger partial charge on any atom is 0.314 e. The zero-order valence-corrected chi connectivity index (χ0v) is 9.24. The fourth-order valence-corrected chi connectivity index (χ4v) is 1.54. The number of rotatable bonds is 5. The maximum absolute atomic E-state index is 11.0. The van der Waals surface area contributed by atoms with Gasteiger partial charge in [0.15, 0.2) is 0 Å². The Kier molecular flexibility index (Phi) is 6.58. The molecule has 0 heterocycles. The monoisotopic (exact) mass is 206 g/mol. The average molecular weight is 206 g/mol. The highest BCUT2D eigenvalue weighted by Gasteiger charge is 2.05. The van der Waals surface area contributed by atoms with Crippen molar-refractivity contribution in [2.45, 2.75) is 26.3 Å². The number of hydrogen-bond donors (Lipinski definition) is 2. The number of carbonyl (C=O) groups excluding carboxylic acids is 1. The fraction of sp³-hybridized carbons (Fsp3) is 0.875. The predicted octanol–water partition coefficient (Wildman–Crippen LogP) is 0.463. The summed E-state index contributed by atoms with van der Waals surface area (Å²) in [6, 6.07) is -0.0765. The zero-order valence-electron chi connectivity index (χ0n) is 8.42. The molecule has 2 N–H and O–H groups in total. The Morgan fingerprint density at radius 1 is 1.54 bits per heavy atom. The van der Waals surface area contributed by atoms with Crippen LogP contribution in [0.25, 0.3) is 0 Å². The number of nitrogens with one attached hydrogen (secondary N) is 2. The summed E-state index contributed by atoms with van der Waals surface area (Å²) in [5.74, 6) is 0.633. The normalized spacial score (nSPS) is 14.7. The van der Waals surface area contributed by atoms with E-state index in [0.717, 1.165) is 6.42 Å². The maximum atomic E-state index is 11.0. The van der Waals surface area contributed by atoms with E-state index in [2.05, 4.69) is 10.6 Å². The van der Waals surface area contributed by atoms with Crippen molar-refractivity contribution in [1.29, 1.82) is 0 Å². The van der Waals surface area contributed by atoms with E-state index >= 15 is 0 Å². The van der Waals surface area contributed by atoms with Crippen LogP contribution in [0.15, 0.2) is 0 Å². The van der Waals surface area contributed by atoms with Gasteiger partial charge in [-0.15, -0.1) is 0 Å². The van der Waals surface area contributed by atoms with Gasteiger partial charge in [0.1, 0.15) is 0 Å². The first-order valence-corrected chi connectivity index (χ1v) is 6.13. The van der Waals surface area contributed by atoms with Gasteiger partial charge in [-0.2, -0.15) is 0 Å². The van der Waals surface area contributed by atoms with Gasteiger partial charge in [-0.05, 0) is 20.3 Å². The van der Waals surface area contributed by atoms with Gasteiger partial charge in [-0.3, -0.25) is 4.21 Å². The molecular weight excluding hydrogens is 188 g/mol. The van der Waals surface area contributed by atoms with Crippen molar-refractivity contribution in [3.63, 3.8) is 0 Å². The van der Waals surface area contributed by atoms with Crippen molar-refractivity contribution in [2.75, 3.05) is 18.6 Å². The van der Waals surface area contributed by atoms with Gasteiger partial charge in [0.25, 0.3) is 0 Å². The second-order valence-electron chi connectivity index (χ2n) is 2.97. The van der Waals surface area contributed by atoms with Crippen LogP contribution in [0.5, 0.6) is 0 Å². The topological polar surface area (TPSA) is 58.2 Å². The van der Waals surface area contributed by atoms with Crippen molar-refractivity contribution in [1.82, 2.24) is 10.6 Å². The number of carbonyl (C=O) groups is 1. The highest BCUT2D eigenvalue weighted by atomic mass is 32.2. The lowest BCUT2D eigenvalue weighted by molar-refractivity contribution is 0.238. The highest BCUT2D eigenvalue weighted by molar-refractivity contribution is 7.84. The molecule has 0 aliphatic carbocycles. The molecule has 0 aliphatic heterocycles. The average Bonchev–Trinajstić information content (AvgIpc) is 2.01. The van der Waals surface area contributed by atoms with E-state index in [4.69, 9.17) is 0 Å². The van der Waals surface area contributed by atoms with Gasteiger partial charge in [0.05, 0.1) is 0 Å². The Labute approximate surface area is 81.9 Å². The quantitative estimate of drug-likeness (QED) is 0.686. The molecule has 13 heavy (non-hydrogen) atoms. The van der Waals surface area contributed by atoms with Crippen molar-refractivity contribution < 1.29 is 9.00 Å². The standard InChI is InChI=1S/C8H18N2O2S/c1-4-9-8(11)10-7(2)5-6-13(3)12/h7H,4-6H2,1-3H3,(H2,9,10,11). The SMILES string of the molecule is CCNC(=O)NC(C)CCS(C)=O. The van der Waals surface area contributed by atoms with E-state index < -0.39 is 10.8 Å². The molecule has 2 unspecified atom stereocenters. The third-order valence-corrected chi connectivity index (χ3v) is 2.36. The van der Waals surface area contributed by atoms with E-state index in [1.54, 1.807) is 6.26 Å². The molecule has 0 fully saturated rings. The second-order valence-corrected chi connectivity index (χ2v) is 4.53. The van der Waals surface area contributed by atoms with Crippen molar-refractivity contribution in [3.8, 4) is 0 Å². The fourth-order valence-electron chi connectivity index (χ4n) is 0.850. The van der Waals surface area contributed by atoms with Crippen LogP contribution in [0.2, 0.25) is 0 Å². The molecule has 0 aromatic heterocycles. The Morgan fingerprint density at radius 3 is 2.62 bits per heavy atom. The first-order valence-electron chi connectivity index (χ1n) is 4.40. The molecular formula is C8H18N2O2S. The molecule has 0 radical (unpaired) electrons. The molecule has 2 atom stereocenters. The smallest absolute Gasteiger partial charge is 0.314 e. The molecule has 0 spiro atoms. The van der Waals surface area contributed by atoms with Crippen LogP contribution in [-0.2, 0) is 10.8 Å². The lowest BCUT2D eigenvalue weighted by atomic mass is 10.3. The van der Waals surface area contributed by atoms with Gasteiger partial charge >= 0.3 is 6.03 Å². The summed E-state index contributed by atoms with van der Waals surface area (Å²) in [7, 11) is -0.776. The molecule has 0 bridgehead atoms. The van der Waals surface area contributed by atoms with E-state index in [1.165, 1.54) is 0 Å². The van der Waals surface area contributed by atoms with E-state index in [-0.39, 0.29) is 12.1 Å². The van der Waals surface area contributed by atoms with Crippen LogP contribution in [0, 0.1) is 0 Å². The van der Waals surface area contributed by atoms with Crippen LogP contribution >= 0.6 is 0 Å². The summed E-state index contributed by atoms with van der Waals surface area (Å²) < 4.78 is 10.7. The second kappa shape index (κ2) is 6.88. The molecule has 0 aliphatic rings.